The second-order valence-electron chi connectivity index (χ2n) is 5.36. The molecule has 0 aliphatic carbocycles. The smallest absolute Gasteiger partial charge is 0.280 e. The van der Waals surface area contributed by atoms with Crippen molar-refractivity contribution < 1.29 is 4.92 Å². The van der Waals surface area contributed by atoms with Gasteiger partial charge in [0, 0.05) is 11.5 Å². The number of non-ortho nitro benzene ring substituents is 1. The molecule has 0 saturated heterocycles. The highest BCUT2D eigenvalue weighted by atomic mass is 16.6. The number of benzene rings is 2. The molecule has 1 heterocycles. The summed E-state index contributed by atoms with van der Waals surface area (Å²) in [6.45, 7) is 4.81. The molecule has 0 spiro atoms. The van der Waals surface area contributed by atoms with Crippen LogP contribution in [0, 0.1) is 10.1 Å². The fraction of sp³-hybridized carbons (Fsp3) is 0.235. The van der Waals surface area contributed by atoms with Crippen LogP contribution in [0.1, 0.15) is 13.8 Å². The largest absolute Gasteiger partial charge is 0.369 e. The normalized spacial score (nSPS) is 12.4. The summed E-state index contributed by atoms with van der Waals surface area (Å²) in [6.07, 6.45) is -0.0196. The minimum Gasteiger partial charge on any atom is -0.369 e. The molecule has 6 heteroatoms. The lowest BCUT2D eigenvalue weighted by atomic mass is 10.1. The molecule has 0 radical (unpaired) electrons. The average Bonchev–Trinajstić information content (AvgIpc) is 2.54. The van der Waals surface area contributed by atoms with Crippen LogP contribution in [0.2, 0.25) is 0 Å². The number of nitro benzene ring substituents is 1. The summed E-state index contributed by atoms with van der Waals surface area (Å²) >= 11 is 0. The monoisotopic (exact) mass is 310 g/mol. The number of nitrogens with zero attached hydrogens (tertiary/aromatic N) is 2. The second kappa shape index (κ2) is 6.18. The van der Waals surface area contributed by atoms with E-state index in [2.05, 4.69) is 15.6 Å². The van der Waals surface area contributed by atoms with Gasteiger partial charge in [-0.05, 0) is 25.6 Å². The highest BCUT2D eigenvalue weighted by Crippen LogP contribution is 2.36. The molecule has 0 fully saturated rings. The number of nitrogens with one attached hydrogen (secondary N) is 2. The lowest BCUT2D eigenvalue weighted by molar-refractivity contribution is -0.383. The van der Waals surface area contributed by atoms with Crippen LogP contribution in [0.25, 0.3) is 21.8 Å². The minimum atomic E-state index is -0.359. The predicted octanol–water partition coefficient (Wildman–Crippen LogP) is 3.66. The number of nitro groups is 1. The Morgan fingerprint density at radius 3 is 2.65 bits per heavy atom. The molecule has 0 amide bonds. The molecule has 3 aromatic rings. The number of para-hydroxylation sites is 1. The van der Waals surface area contributed by atoms with Gasteiger partial charge >= 0.3 is 0 Å². The van der Waals surface area contributed by atoms with Gasteiger partial charge in [0.1, 0.15) is 5.39 Å². The zero-order valence-corrected chi connectivity index (χ0v) is 13.0. The topological polar surface area (TPSA) is 80.1 Å². The first-order valence-electron chi connectivity index (χ1n) is 7.57. The van der Waals surface area contributed by atoms with Gasteiger partial charge in [-0.2, -0.15) is 0 Å². The zero-order valence-electron chi connectivity index (χ0n) is 13.0. The van der Waals surface area contributed by atoms with Crippen molar-refractivity contribution in [2.45, 2.75) is 20.0 Å². The van der Waals surface area contributed by atoms with Gasteiger partial charge in [0.25, 0.3) is 5.69 Å². The maximum absolute atomic E-state index is 11.4. The maximum Gasteiger partial charge on any atom is 0.280 e. The highest BCUT2D eigenvalue weighted by molar-refractivity contribution is 6.11. The van der Waals surface area contributed by atoms with Crippen LogP contribution in [0.4, 0.5) is 11.4 Å². The van der Waals surface area contributed by atoms with E-state index in [0.29, 0.717) is 10.9 Å². The molecule has 23 heavy (non-hydrogen) atoms. The van der Waals surface area contributed by atoms with Crippen LogP contribution in [0.5, 0.6) is 0 Å². The highest BCUT2D eigenvalue weighted by Gasteiger charge is 2.19. The first-order chi connectivity index (χ1) is 11.1. The van der Waals surface area contributed by atoms with E-state index >= 15 is 0 Å². The van der Waals surface area contributed by atoms with Crippen molar-refractivity contribution in [1.29, 1.82) is 0 Å². The van der Waals surface area contributed by atoms with Crippen LogP contribution in [-0.2, 0) is 0 Å². The van der Waals surface area contributed by atoms with Gasteiger partial charge in [-0.3, -0.25) is 15.4 Å². The van der Waals surface area contributed by atoms with Gasteiger partial charge in [0.15, 0.2) is 0 Å². The molecule has 1 unspecified atom stereocenters. The van der Waals surface area contributed by atoms with Crippen molar-refractivity contribution in [3.05, 3.63) is 52.6 Å². The van der Waals surface area contributed by atoms with E-state index in [0.717, 1.165) is 23.1 Å². The Bertz CT molecular complexity index is 879. The Hall–Kier alpha value is -2.73. The lowest BCUT2D eigenvalue weighted by Gasteiger charge is -2.19. The summed E-state index contributed by atoms with van der Waals surface area (Å²) in [5, 5.41) is 19.5. The van der Waals surface area contributed by atoms with E-state index in [4.69, 9.17) is 0 Å². The molecule has 0 saturated carbocycles. The number of aromatic nitrogens is 1. The summed E-state index contributed by atoms with van der Waals surface area (Å²) in [6, 6.07) is 12.7. The Labute approximate surface area is 133 Å². The SMILES string of the molecule is CCNC(C)Nc1c2ccccc2nc2cccc([N+](=O)[O-])c12. The summed E-state index contributed by atoms with van der Waals surface area (Å²) < 4.78 is 0. The van der Waals surface area contributed by atoms with E-state index in [9.17, 15) is 10.1 Å². The molecule has 3 rings (SSSR count). The molecule has 0 aliphatic rings. The minimum absolute atomic E-state index is 0.0196. The fourth-order valence-corrected chi connectivity index (χ4v) is 2.80. The molecule has 2 N–H and O–H groups in total. The predicted molar refractivity (Wildman–Crippen MR) is 92.7 cm³/mol. The quantitative estimate of drug-likeness (QED) is 0.325. The van der Waals surface area contributed by atoms with Gasteiger partial charge < -0.3 is 5.32 Å². The third kappa shape index (κ3) is 2.80. The fourth-order valence-electron chi connectivity index (χ4n) is 2.80. The zero-order chi connectivity index (χ0) is 16.4. The van der Waals surface area contributed by atoms with Crippen molar-refractivity contribution in [3.63, 3.8) is 0 Å². The number of pyridine rings is 1. The van der Waals surface area contributed by atoms with Crippen LogP contribution in [0.3, 0.4) is 0 Å². The molecule has 2 aromatic carbocycles. The molecule has 1 atom stereocenters. The van der Waals surface area contributed by atoms with Crippen LogP contribution < -0.4 is 10.6 Å². The average molecular weight is 310 g/mol. The first kappa shape index (κ1) is 15.2. The molecule has 1 aromatic heterocycles. The first-order valence-corrected chi connectivity index (χ1v) is 7.57. The maximum atomic E-state index is 11.4. The molecule has 0 bridgehead atoms. The lowest BCUT2D eigenvalue weighted by Crippen LogP contribution is -2.33. The second-order valence-corrected chi connectivity index (χ2v) is 5.36. The number of hydrogen-bond acceptors (Lipinski definition) is 5. The van der Waals surface area contributed by atoms with E-state index in [1.165, 1.54) is 6.07 Å². The number of anilines is 1. The Kier molecular flexibility index (Phi) is 4.08. The van der Waals surface area contributed by atoms with E-state index < -0.39 is 0 Å². The molecular formula is C17H18N4O2. The standard InChI is InChI=1S/C17H18N4O2/c1-3-18-11(2)19-17-12-7-4-5-8-13(12)20-14-9-6-10-15(16(14)17)21(22)23/h4-11,18H,3H2,1-2H3,(H,19,20). The third-order valence-electron chi connectivity index (χ3n) is 3.75. The Balaban J connectivity index is 2.34. The van der Waals surface area contributed by atoms with E-state index in [-0.39, 0.29) is 16.8 Å². The summed E-state index contributed by atoms with van der Waals surface area (Å²) in [4.78, 5) is 15.7. The Morgan fingerprint density at radius 1 is 1.17 bits per heavy atom. The number of hydrogen-bond donors (Lipinski definition) is 2. The molecule has 6 nitrogen and oxygen atoms in total. The summed E-state index contributed by atoms with van der Waals surface area (Å²) in [7, 11) is 0. The van der Waals surface area contributed by atoms with Crippen molar-refractivity contribution in [2.75, 3.05) is 11.9 Å². The van der Waals surface area contributed by atoms with Crippen LogP contribution in [0.15, 0.2) is 42.5 Å². The van der Waals surface area contributed by atoms with E-state index in [1.807, 2.05) is 38.1 Å². The van der Waals surface area contributed by atoms with Gasteiger partial charge in [0.2, 0.25) is 0 Å². The van der Waals surface area contributed by atoms with Crippen LogP contribution in [-0.4, -0.2) is 22.6 Å². The number of rotatable bonds is 5. The summed E-state index contributed by atoms with van der Waals surface area (Å²) in [5.74, 6) is 0. The van der Waals surface area contributed by atoms with Gasteiger partial charge in [-0.1, -0.05) is 31.2 Å². The molecular weight excluding hydrogens is 292 g/mol. The van der Waals surface area contributed by atoms with Gasteiger partial charge in [-0.15, -0.1) is 0 Å². The van der Waals surface area contributed by atoms with Crippen molar-refractivity contribution in [3.8, 4) is 0 Å². The van der Waals surface area contributed by atoms with Crippen molar-refractivity contribution >= 4 is 33.2 Å². The van der Waals surface area contributed by atoms with E-state index in [1.54, 1.807) is 12.1 Å². The third-order valence-corrected chi connectivity index (χ3v) is 3.75. The van der Waals surface area contributed by atoms with Gasteiger partial charge in [-0.25, -0.2) is 4.98 Å². The van der Waals surface area contributed by atoms with Crippen molar-refractivity contribution in [2.24, 2.45) is 0 Å². The Morgan fingerprint density at radius 2 is 1.91 bits per heavy atom. The van der Waals surface area contributed by atoms with Crippen LogP contribution >= 0.6 is 0 Å². The number of fused-ring (bicyclic) bond motifs is 2. The van der Waals surface area contributed by atoms with Gasteiger partial charge in [0.05, 0.1) is 27.8 Å². The molecule has 0 aliphatic heterocycles. The van der Waals surface area contributed by atoms with Crippen molar-refractivity contribution in [1.82, 2.24) is 10.3 Å². The summed E-state index contributed by atoms with van der Waals surface area (Å²) in [5.41, 5.74) is 2.23. The molecule has 118 valence electrons.